The van der Waals surface area contributed by atoms with Crippen molar-refractivity contribution in [1.29, 1.82) is 0 Å². The van der Waals surface area contributed by atoms with Crippen LogP contribution in [0, 0.1) is 11.7 Å². The Hall–Kier alpha value is -2.70. The Morgan fingerprint density at radius 3 is 2.54 bits per heavy atom. The van der Waals surface area contributed by atoms with E-state index >= 15 is 0 Å². The molecule has 0 bridgehead atoms. The number of benzene rings is 1. The van der Waals surface area contributed by atoms with E-state index in [-0.39, 0.29) is 29.6 Å². The van der Waals surface area contributed by atoms with Gasteiger partial charge in [-0.15, -0.1) is 0 Å². The molecule has 2 amide bonds. The monoisotopic (exact) mass is 387 g/mol. The average molecular weight is 387 g/mol. The summed E-state index contributed by atoms with van der Waals surface area (Å²) in [4.78, 5) is 27.7. The molecule has 3 atom stereocenters. The Labute approximate surface area is 164 Å². The van der Waals surface area contributed by atoms with Crippen molar-refractivity contribution in [2.24, 2.45) is 5.92 Å². The van der Waals surface area contributed by atoms with Crippen molar-refractivity contribution in [3.8, 4) is 0 Å². The van der Waals surface area contributed by atoms with Crippen molar-refractivity contribution < 1.29 is 18.5 Å². The maximum Gasteiger partial charge on any atom is 0.243 e. The highest BCUT2D eigenvalue weighted by atomic mass is 19.1. The van der Waals surface area contributed by atoms with Crippen LogP contribution in [0.25, 0.3) is 0 Å². The number of nitrogens with one attached hydrogen (secondary N) is 1. The van der Waals surface area contributed by atoms with Crippen LogP contribution in [-0.2, 0) is 9.59 Å². The fourth-order valence-electron chi connectivity index (χ4n) is 3.75. The molecule has 1 fully saturated rings. The minimum Gasteiger partial charge on any atom is -0.361 e. The number of halogens is 1. The molecule has 0 aliphatic carbocycles. The van der Waals surface area contributed by atoms with E-state index in [9.17, 15) is 14.0 Å². The van der Waals surface area contributed by atoms with Gasteiger partial charge in [-0.1, -0.05) is 31.1 Å². The van der Waals surface area contributed by atoms with Crippen molar-refractivity contribution in [3.63, 3.8) is 0 Å². The first-order valence-electron chi connectivity index (χ1n) is 9.65. The van der Waals surface area contributed by atoms with Crippen molar-refractivity contribution in [1.82, 2.24) is 15.4 Å². The molecule has 0 spiro atoms. The van der Waals surface area contributed by atoms with Gasteiger partial charge in [0.05, 0.1) is 12.2 Å². The van der Waals surface area contributed by atoms with Crippen molar-refractivity contribution in [3.05, 3.63) is 53.7 Å². The summed E-state index contributed by atoms with van der Waals surface area (Å²) in [5.41, 5.74) is 0.812. The fraction of sp³-hybridized carbons (Fsp3) is 0.476. The maximum atomic E-state index is 13.2. The molecule has 2 heterocycles. The smallest absolute Gasteiger partial charge is 0.243 e. The Kier molecular flexibility index (Phi) is 6.11. The van der Waals surface area contributed by atoms with E-state index in [2.05, 4.69) is 10.5 Å². The van der Waals surface area contributed by atoms with E-state index in [1.807, 2.05) is 20.8 Å². The van der Waals surface area contributed by atoms with Crippen molar-refractivity contribution in [2.75, 3.05) is 6.54 Å². The van der Waals surface area contributed by atoms with Crippen LogP contribution in [0.3, 0.4) is 0 Å². The van der Waals surface area contributed by atoms with Gasteiger partial charge < -0.3 is 14.7 Å². The summed E-state index contributed by atoms with van der Waals surface area (Å²) < 4.78 is 18.3. The van der Waals surface area contributed by atoms with E-state index in [4.69, 9.17) is 4.52 Å². The highest BCUT2D eigenvalue weighted by molar-refractivity contribution is 5.91. The second-order valence-corrected chi connectivity index (χ2v) is 7.61. The summed E-state index contributed by atoms with van der Waals surface area (Å²) in [5.74, 6) is -0.553. The quantitative estimate of drug-likeness (QED) is 0.824. The van der Waals surface area contributed by atoms with Crippen LogP contribution in [0.2, 0.25) is 0 Å². The molecule has 2 aromatic rings. The predicted octanol–water partition coefficient (Wildman–Crippen LogP) is 3.42. The third kappa shape index (κ3) is 4.24. The first-order chi connectivity index (χ1) is 13.4. The zero-order chi connectivity index (χ0) is 20.3. The molecule has 1 N–H and O–H groups in total. The van der Waals surface area contributed by atoms with E-state index < -0.39 is 12.0 Å². The van der Waals surface area contributed by atoms with Crippen LogP contribution in [0.15, 0.2) is 41.1 Å². The zero-order valence-corrected chi connectivity index (χ0v) is 16.4. The maximum absolute atomic E-state index is 13.2. The van der Waals surface area contributed by atoms with Gasteiger partial charge in [-0.25, -0.2) is 4.39 Å². The number of hydrogen-bond donors (Lipinski definition) is 1. The molecule has 1 aliphatic rings. The number of carbonyl (C=O) groups excluding carboxylic acids is 2. The standard InChI is InChI=1S/C21H26FN3O3/c1-13(2)19(18-10-11-23-28-18)21(27)25-12-4-5-17(25)20(26)24-14(3)15-6-8-16(22)9-7-15/h6-11,13-14,17,19H,4-5,12H2,1-3H3,(H,24,26). The molecule has 0 radical (unpaired) electrons. The van der Waals surface area contributed by atoms with Crippen LogP contribution in [-0.4, -0.2) is 34.5 Å². The second kappa shape index (κ2) is 8.54. The van der Waals surface area contributed by atoms with Gasteiger partial charge in [0.25, 0.3) is 0 Å². The Bertz CT molecular complexity index is 805. The van der Waals surface area contributed by atoms with Gasteiger partial charge in [0.15, 0.2) is 0 Å². The molecular weight excluding hydrogens is 361 g/mol. The molecule has 3 unspecified atom stereocenters. The summed E-state index contributed by atoms with van der Waals surface area (Å²) in [6, 6.07) is 6.94. The largest absolute Gasteiger partial charge is 0.361 e. The first kappa shape index (κ1) is 20.0. The van der Waals surface area contributed by atoms with Crippen molar-refractivity contribution >= 4 is 11.8 Å². The van der Waals surface area contributed by atoms with Crippen LogP contribution in [0.4, 0.5) is 4.39 Å². The van der Waals surface area contributed by atoms with Gasteiger partial charge >= 0.3 is 0 Å². The number of aromatic nitrogens is 1. The van der Waals surface area contributed by atoms with Crippen LogP contribution in [0.5, 0.6) is 0 Å². The number of hydrogen-bond acceptors (Lipinski definition) is 4. The summed E-state index contributed by atoms with van der Waals surface area (Å²) in [5, 5.41) is 6.67. The molecule has 0 saturated carbocycles. The molecule has 1 aliphatic heterocycles. The van der Waals surface area contributed by atoms with Gasteiger partial charge in [-0.2, -0.15) is 0 Å². The van der Waals surface area contributed by atoms with Crippen LogP contribution >= 0.6 is 0 Å². The molecule has 1 aromatic carbocycles. The van der Waals surface area contributed by atoms with E-state index in [0.29, 0.717) is 18.7 Å². The third-order valence-electron chi connectivity index (χ3n) is 5.26. The van der Waals surface area contributed by atoms with Crippen LogP contribution < -0.4 is 5.32 Å². The van der Waals surface area contributed by atoms with Gasteiger partial charge in [-0.05, 0) is 43.4 Å². The molecule has 7 heteroatoms. The molecule has 1 saturated heterocycles. The topological polar surface area (TPSA) is 75.4 Å². The summed E-state index contributed by atoms with van der Waals surface area (Å²) >= 11 is 0. The molecule has 28 heavy (non-hydrogen) atoms. The lowest BCUT2D eigenvalue weighted by Crippen LogP contribution is -2.48. The summed E-state index contributed by atoms with van der Waals surface area (Å²) in [6.07, 6.45) is 2.92. The minimum atomic E-state index is -0.514. The summed E-state index contributed by atoms with van der Waals surface area (Å²) in [7, 11) is 0. The van der Waals surface area contributed by atoms with Crippen molar-refractivity contribution in [2.45, 2.75) is 51.6 Å². The van der Waals surface area contributed by atoms with Gasteiger partial charge in [0, 0.05) is 12.6 Å². The van der Waals surface area contributed by atoms with E-state index in [1.54, 1.807) is 23.1 Å². The number of amides is 2. The van der Waals surface area contributed by atoms with Gasteiger partial charge in [-0.3, -0.25) is 9.59 Å². The molecule has 6 nitrogen and oxygen atoms in total. The fourth-order valence-corrected chi connectivity index (χ4v) is 3.75. The minimum absolute atomic E-state index is 0.0166. The predicted molar refractivity (Wildman–Crippen MR) is 102 cm³/mol. The molecule has 3 rings (SSSR count). The third-order valence-corrected chi connectivity index (χ3v) is 5.26. The second-order valence-electron chi connectivity index (χ2n) is 7.61. The van der Waals surface area contributed by atoms with Gasteiger partial charge in [0.2, 0.25) is 11.8 Å². The Morgan fingerprint density at radius 1 is 1.21 bits per heavy atom. The molecule has 150 valence electrons. The van der Waals surface area contributed by atoms with E-state index in [1.165, 1.54) is 18.3 Å². The highest BCUT2D eigenvalue weighted by Gasteiger charge is 2.40. The van der Waals surface area contributed by atoms with Gasteiger partial charge in [0.1, 0.15) is 23.5 Å². The molecular formula is C21H26FN3O3. The number of nitrogens with zero attached hydrogens (tertiary/aromatic N) is 2. The Morgan fingerprint density at radius 2 is 1.93 bits per heavy atom. The molecule has 1 aromatic heterocycles. The number of rotatable bonds is 6. The lowest BCUT2D eigenvalue weighted by molar-refractivity contribution is -0.141. The normalized spacial score (nSPS) is 18.9. The lowest BCUT2D eigenvalue weighted by Gasteiger charge is -2.29. The summed E-state index contributed by atoms with van der Waals surface area (Å²) in [6.45, 7) is 6.29. The lowest BCUT2D eigenvalue weighted by atomic mass is 9.91. The Balaban J connectivity index is 1.71. The first-order valence-corrected chi connectivity index (χ1v) is 9.65. The number of likely N-dealkylation sites (tertiary alicyclic amines) is 1. The highest BCUT2D eigenvalue weighted by Crippen LogP contribution is 2.30. The average Bonchev–Trinajstić information content (AvgIpc) is 3.34. The van der Waals surface area contributed by atoms with Crippen LogP contribution in [0.1, 0.15) is 56.9 Å². The zero-order valence-electron chi connectivity index (χ0n) is 16.4. The number of carbonyl (C=O) groups is 2. The SMILES string of the molecule is CC(NC(=O)C1CCCN1C(=O)C(c1ccno1)C(C)C)c1ccc(F)cc1. The van der Waals surface area contributed by atoms with E-state index in [0.717, 1.165) is 12.0 Å².